The van der Waals surface area contributed by atoms with Crippen LogP contribution in [0.25, 0.3) is 0 Å². The Labute approximate surface area is 191 Å². The highest BCUT2D eigenvalue weighted by Crippen LogP contribution is 2.51. The zero-order valence-electron chi connectivity index (χ0n) is 18.8. The molecule has 0 radical (unpaired) electrons. The van der Waals surface area contributed by atoms with Crippen molar-refractivity contribution in [1.82, 2.24) is 4.98 Å². The monoisotopic (exact) mass is 456 g/mol. The molecule has 1 aliphatic rings. The zero-order chi connectivity index (χ0) is 23.5. The number of thiazole rings is 1. The molecular weight excluding hydrogens is 428 g/mol. The number of nitrogens with zero attached hydrogens (tertiary/aromatic N) is 2. The lowest BCUT2D eigenvalue weighted by Crippen LogP contribution is -2.32. The summed E-state index contributed by atoms with van der Waals surface area (Å²) in [6.45, 7) is 10.1. The molecule has 4 rings (SSSR count). The number of furan rings is 1. The maximum Gasteiger partial charge on any atom is 0.371 e. The van der Waals surface area contributed by atoms with Gasteiger partial charge in [-0.1, -0.05) is 39.8 Å². The van der Waals surface area contributed by atoms with Gasteiger partial charge in [0.2, 0.25) is 11.6 Å². The van der Waals surface area contributed by atoms with Gasteiger partial charge in [-0.25, -0.2) is 9.78 Å². The third-order valence-electron chi connectivity index (χ3n) is 6.13. The van der Waals surface area contributed by atoms with Gasteiger partial charge < -0.3 is 19.7 Å². The van der Waals surface area contributed by atoms with E-state index >= 15 is 0 Å². The van der Waals surface area contributed by atoms with Gasteiger partial charge in [-0.05, 0) is 38.0 Å². The summed E-state index contributed by atoms with van der Waals surface area (Å²) in [6.07, 6.45) is 2.08. The molecule has 170 valence electrons. The average Bonchev–Trinajstić information content (AvgIpc) is 3.35. The maximum absolute atomic E-state index is 11.4. The molecule has 3 N–H and O–H groups in total. The zero-order valence-corrected chi connectivity index (χ0v) is 19.7. The number of aromatic nitrogens is 1. The van der Waals surface area contributed by atoms with E-state index in [9.17, 15) is 20.1 Å². The Morgan fingerprint density at radius 3 is 2.22 bits per heavy atom. The molecular formula is C24H28N2O5S. The molecule has 0 spiro atoms. The second kappa shape index (κ2) is 7.43. The number of aliphatic hydroxyl groups is 2. The molecule has 0 fully saturated rings. The third kappa shape index (κ3) is 3.94. The molecule has 0 saturated heterocycles. The van der Waals surface area contributed by atoms with Crippen LogP contribution in [0.1, 0.15) is 74.1 Å². The first-order valence-electron chi connectivity index (χ1n) is 10.5. The third-order valence-corrected chi connectivity index (χ3v) is 7.54. The molecule has 7 nitrogen and oxygen atoms in total. The van der Waals surface area contributed by atoms with Gasteiger partial charge in [0, 0.05) is 27.3 Å². The lowest BCUT2D eigenvalue weighted by Gasteiger charge is -2.37. The summed E-state index contributed by atoms with van der Waals surface area (Å²) in [7, 11) is 0. The Bertz CT molecular complexity index is 1120. The molecule has 0 saturated carbocycles. The van der Waals surface area contributed by atoms with Crippen molar-refractivity contribution in [2.24, 2.45) is 0 Å². The topological polar surface area (TPSA) is 107 Å². The Kier molecular flexibility index (Phi) is 5.23. The summed E-state index contributed by atoms with van der Waals surface area (Å²) in [4.78, 5) is 19.4. The highest BCUT2D eigenvalue weighted by atomic mass is 32.1. The van der Waals surface area contributed by atoms with Crippen molar-refractivity contribution in [2.45, 2.75) is 64.1 Å². The molecule has 0 bridgehead atoms. The van der Waals surface area contributed by atoms with Gasteiger partial charge in [0.15, 0.2) is 10.9 Å². The van der Waals surface area contributed by atoms with E-state index in [0.29, 0.717) is 22.3 Å². The molecule has 1 aromatic carbocycles. The van der Waals surface area contributed by atoms with Gasteiger partial charge in [0.1, 0.15) is 0 Å². The summed E-state index contributed by atoms with van der Waals surface area (Å²) in [5.41, 5.74) is 1.98. The van der Waals surface area contributed by atoms with E-state index in [-0.39, 0.29) is 16.6 Å². The van der Waals surface area contributed by atoms with Gasteiger partial charge in [0.25, 0.3) is 0 Å². The first-order valence-corrected chi connectivity index (χ1v) is 11.3. The normalized spacial score (nSPS) is 17.1. The summed E-state index contributed by atoms with van der Waals surface area (Å²) < 4.78 is 5.64. The first-order chi connectivity index (χ1) is 14.8. The summed E-state index contributed by atoms with van der Waals surface area (Å²) in [5, 5.41) is 29.8. The highest BCUT2D eigenvalue weighted by Gasteiger charge is 2.41. The molecule has 32 heavy (non-hydrogen) atoms. The van der Waals surface area contributed by atoms with E-state index in [0.717, 1.165) is 18.5 Å². The highest BCUT2D eigenvalue weighted by molar-refractivity contribution is 7.16. The van der Waals surface area contributed by atoms with Crippen molar-refractivity contribution >= 4 is 34.0 Å². The van der Waals surface area contributed by atoms with Gasteiger partial charge >= 0.3 is 5.97 Å². The molecule has 0 atom stereocenters. The summed E-state index contributed by atoms with van der Waals surface area (Å²) >= 11 is 1.58. The Morgan fingerprint density at radius 2 is 1.69 bits per heavy atom. The summed E-state index contributed by atoms with van der Waals surface area (Å²) in [6, 6.07) is 9.73. The fraction of sp³-hybridized carbons (Fsp3) is 0.417. The van der Waals surface area contributed by atoms with E-state index in [1.807, 2.05) is 0 Å². The Morgan fingerprint density at radius 1 is 1.06 bits per heavy atom. The summed E-state index contributed by atoms with van der Waals surface area (Å²) in [5.74, 6) is -2.95. The molecule has 3 aromatic rings. The largest absolute Gasteiger partial charge is 0.475 e. The van der Waals surface area contributed by atoms with Crippen LogP contribution in [0, 0.1) is 0 Å². The van der Waals surface area contributed by atoms with Crippen LogP contribution < -0.4 is 4.90 Å². The first kappa shape index (κ1) is 22.5. The number of hydrogen-bond acceptors (Lipinski definition) is 7. The van der Waals surface area contributed by atoms with Gasteiger partial charge in [-0.3, -0.25) is 4.90 Å². The Hall–Kier alpha value is -2.68. The fourth-order valence-electron chi connectivity index (χ4n) is 4.00. The SMILES string of the molecule is CC(O)(O)c1ccc(N(c2ccc(C(=O)O)o2)c2nc3c(s2)C(C)(C)CCC3(C)C)cc1. The van der Waals surface area contributed by atoms with Crippen LogP contribution in [-0.4, -0.2) is 26.3 Å². The number of rotatable bonds is 5. The number of carboxylic acids is 1. The molecule has 0 unspecified atom stereocenters. The molecule has 0 amide bonds. The quantitative estimate of drug-likeness (QED) is 0.441. The lowest BCUT2D eigenvalue weighted by molar-refractivity contribution is -0.152. The van der Waals surface area contributed by atoms with Crippen molar-refractivity contribution in [3.63, 3.8) is 0 Å². The van der Waals surface area contributed by atoms with E-state index in [1.165, 1.54) is 17.9 Å². The van der Waals surface area contributed by atoms with Crippen molar-refractivity contribution in [3.8, 4) is 0 Å². The van der Waals surface area contributed by atoms with Crippen LogP contribution in [0.4, 0.5) is 16.7 Å². The number of aromatic carboxylic acids is 1. The fourth-order valence-corrected chi connectivity index (χ4v) is 5.40. The van der Waals surface area contributed by atoms with Crippen LogP contribution in [0.5, 0.6) is 0 Å². The molecule has 0 aliphatic heterocycles. The number of hydrogen-bond donors (Lipinski definition) is 3. The standard InChI is InChI=1S/C24H28N2O5S/c1-22(2)12-13-23(3,4)19-18(22)25-21(32-19)26(17-11-10-16(31-17)20(27)28)15-8-6-14(7-9-15)24(5,29)30/h6-11,29-30H,12-13H2,1-5H3,(H,27,28). The van der Waals surface area contributed by atoms with Crippen LogP contribution in [-0.2, 0) is 16.6 Å². The van der Waals surface area contributed by atoms with Crippen LogP contribution in [0.3, 0.4) is 0 Å². The van der Waals surface area contributed by atoms with Crippen LogP contribution in [0.2, 0.25) is 0 Å². The lowest BCUT2D eigenvalue weighted by atomic mass is 9.69. The van der Waals surface area contributed by atoms with Gasteiger partial charge in [-0.15, -0.1) is 11.3 Å². The Balaban J connectivity index is 1.87. The minimum atomic E-state index is -1.96. The second-order valence-corrected chi connectivity index (χ2v) is 10.8. The molecule has 1 aliphatic carbocycles. The number of benzene rings is 1. The smallest absolute Gasteiger partial charge is 0.371 e. The van der Waals surface area contributed by atoms with E-state index in [4.69, 9.17) is 9.40 Å². The van der Waals surface area contributed by atoms with E-state index in [1.54, 1.807) is 46.6 Å². The number of carboxylic acid groups (broad SMARTS) is 1. The van der Waals surface area contributed by atoms with Gasteiger partial charge in [-0.2, -0.15) is 0 Å². The predicted molar refractivity (Wildman–Crippen MR) is 123 cm³/mol. The molecule has 8 heteroatoms. The minimum absolute atomic E-state index is 0.0126. The van der Waals surface area contributed by atoms with Crippen molar-refractivity contribution in [3.05, 3.63) is 58.3 Å². The van der Waals surface area contributed by atoms with Crippen LogP contribution in [0.15, 0.2) is 40.8 Å². The maximum atomic E-state index is 11.4. The van der Waals surface area contributed by atoms with Gasteiger partial charge in [0.05, 0.1) is 11.4 Å². The molecule has 2 aromatic heterocycles. The van der Waals surface area contributed by atoms with Crippen molar-refractivity contribution < 1.29 is 24.5 Å². The second-order valence-electron chi connectivity index (χ2n) is 9.79. The van der Waals surface area contributed by atoms with Crippen molar-refractivity contribution in [1.29, 1.82) is 0 Å². The average molecular weight is 457 g/mol. The van der Waals surface area contributed by atoms with Crippen LogP contribution >= 0.6 is 11.3 Å². The van der Waals surface area contributed by atoms with E-state index in [2.05, 4.69) is 27.7 Å². The minimum Gasteiger partial charge on any atom is -0.475 e. The van der Waals surface area contributed by atoms with E-state index < -0.39 is 11.8 Å². The number of anilines is 3. The van der Waals surface area contributed by atoms with Crippen molar-refractivity contribution in [2.75, 3.05) is 4.90 Å². The molecule has 2 heterocycles. The predicted octanol–water partition coefficient (Wildman–Crippen LogP) is 5.41. The number of fused-ring (bicyclic) bond motifs is 1. The number of carbonyl (C=O) groups is 1.